The first kappa shape index (κ1) is 29.3. The highest BCUT2D eigenvalue weighted by Gasteiger charge is 2.49. The van der Waals surface area contributed by atoms with Gasteiger partial charge < -0.3 is 28.4 Å². The molecule has 0 saturated carbocycles. The molecule has 0 N–H and O–H groups in total. The molecule has 35 heavy (non-hydrogen) atoms. The van der Waals surface area contributed by atoms with Crippen molar-refractivity contribution in [3.63, 3.8) is 0 Å². The summed E-state index contributed by atoms with van der Waals surface area (Å²) in [7, 11) is 1.74. The van der Waals surface area contributed by atoms with E-state index in [1.807, 2.05) is 0 Å². The van der Waals surface area contributed by atoms with E-state index in [9.17, 15) is 0 Å². The molecule has 0 aliphatic carbocycles. The van der Waals surface area contributed by atoms with E-state index in [4.69, 9.17) is 28.4 Å². The third-order valence-corrected chi connectivity index (χ3v) is 10.00. The molecule has 3 aliphatic heterocycles. The third kappa shape index (κ3) is 6.09. The first-order valence-electron chi connectivity index (χ1n) is 14.3. The SMILES string of the molecule is CCC1O[C@@H](O[C@@H]2C(CC)O[C@@H](C)C(C)[C@H]2C)C(C)[C@@H](C)[C@@H]1O[C@@H]1OC(COC)[C@@H](C)[C@H](C)C1C. The van der Waals surface area contributed by atoms with Gasteiger partial charge in [-0.25, -0.2) is 0 Å². The maximum absolute atomic E-state index is 6.78. The average molecular weight is 499 g/mol. The molecule has 0 aromatic heterocycles. The molecule has 0 radical (unpaired) electrons. The largest absolute Gasteiger partial charge is 0.382 e. The van der Waals surface area contributed by atoms with Crippen LogP contribution in [0.4, 0.5) is 0 Å². The summed E-state index contributed by atoms with van der Waals surface area (Å²) in [6.45, 7) is 23.0. The Hall–Kier alpha value is -0.240. The van der Waals surface area contributed by atoms with E-state index in [2.05, 4.69) is 69.2 Å². The zero-order valence-corrected chi connectivity index (χ0v) is 24.2. The first-order valence-corrected chi connectivity index (χ1v) is 14.3. The minimum absolute atomic E-state index is 0.0335. The molecule has 6 heteroatoms. The zero-order chi connectivity index (χ0) is 26.0. The van der Waals surface area contributed by atoms with Crippen LogP contribution >= 0.6 is 0 Å². The van der Waals surface area contributed by atoms with Gasteiger partial charge in [0.15, 0.2) is 12.6 Å². The van der Waals surface area contributed by atoms with Gasteiger partial charge in [-0.1, -0.05) is 62.3 Å². The lowest BCUT2D eigenvalue weighted by atomic mass is 9.78. The molecule has 206 valence electrons. The van der Waals surface area contributed by atoms with Gasteiger partial charge in [-0.3, -0.25) is 0 Å². The summed E-state index contributed by atoms with van der Waals surface area (Å²) in [5.41, 5.74) is 0. The third-order valence-electron chi connectivity index (χ3n) is 10.00. The van der Waals surface area contributed by atoms with Crippen LogP contribution in [0, 0.1) is 41.4 Å². The Morgan fingerprint density at radius 2 is 0.971 bits per heavy atom. The topological polar surface area (TPSA) is 55.4 Å². The van der Waals surface area contributed by atoms with Gasteiger partial charge in [-0.2, -0.15) is 0 Å². The average Bonchev–Trinajstić information content (AvgIpc) is 2.84. The van der Waals surface area contributed by atoms with Crippen molar-refractivity contribution in [2.45, 2.75) is 131 Å². The van der Waals surface area contributed by atoms with E-state index in [0.29, 0.717) is 36.2 Å². The molecule has 0 spiro atoms. The molecule has 15 atom stereocenters. The molecule has 3 rings (SSSR count). The quantitative estimate of drug-likeness (QED) is 0.414. The summed E-state index contributed by atoms with van der Waals surface area (Å²) in [5, 5.41) is 0. The minimum atomic E-state index is -0.259. The molecule has 0 bridgehead atoms. The van der Waals surface area contributed by atoms with Crippen LogP contribution in [0.15, 0.2) is 0 Å². The Balaban J connectivity index is 1.72. The van der Waals surface area contributed by atoms with Crippen molar-refractivity contribution in [1.82, 2.24) is 0 Å². The molecule has 0 aromatic rings. The molecule has 3 fully saturated rings. The normalized spacial score (nSPS) is 51.3. The Labute approximate surface area is 215 Å². The molecule has 0 aromatic carbocycles. The Bertz CT molecular complexity index is 641. The second-order valence-corrected chi connectivity index (χ2v) is 12.0. The van der Waals surface area contributed by atoms with Crippen molar-refractivity contribution in [2.24, 2.45) is 41.4 Å². The fourth-order valence-corrected chi connectivity index (χ4v) is 6.34. The predicted octanol–water partition coefficient (Wildman–Crippen LogP) is 5.91. The molecule has 3 heterocycles. The second kappa shape index (κ2) is 12.5. The van der Waals surface area contributed by atoms with E-state index in [1.54, 1.807) is 7.11 Å². The highest BCUT2D eigenvalue weighted by atomic mass is 16.7. The van der Waals surface area contributed by atoms with Crippen LogP contribution < -0.4 is 0 Å². The van der Waals surface area contributed by atoms with E-state index < -0.39 is 0 Å². The lowest BCUT2D eigenvalue weighted by Gasteiger charge is -2.51. The number of rotatable bonds is 8. The first-order chi connectivity index (χ1) is 16.5. The Morgan fingerprint density at radius 3 is 1.49 bits per heavy atom. The van der Waals surface area contributed by atoms with E-state index in [1.165, 1.54) is 0 Å². The van der Waals surface area contributed by atoms with Gasteiger partial charge in [0.1, 0.15) is 0 Å². The minimum Gasteiger partial charge on any atom is -0.382 e. The van der Waals surface area contributed by atoms with Crippen LogP contribution in [0.3, 0.4) is 0 Å². The van der Waals surface area contributed by atoms with E-state index in [-0.39, 0.29) is 61.0 Å². The summed E-state index contributed by atoms with van der Waals surface area (Å²) in [6, 6.07) is 0. The maximum atomic E-state index is 6.78. The molecule has 0 amide bonds. The Kier molecular flexibility index (Phi) is 10.5. The van der Waals surface area contributed by atoms with Crippen LogP contribution in [0.2, 0.25) is 0 Å². The summed E-state index contributed by atoms with van der Waals surface area (Å²) < 4.78 is 38.4. The van der Waals surface area contributed by atoms with Crippen molar-refractivity contribution in [3.8, 4) is 0 Å². The fourth-order valence-electron chi connectivity index (χ4n) is 6.34. The van der Waals surface area contributed by atoms with Gasteiger partial charge in [0.2, 0.25) is 0 Å². The smallest absolute Gasteiger partial charge is 0.161 e. The summed E-state index contributed by atoms with van der Waals surface area (Å²) in [4.78, 5) is 0. The molecule has 3 saturated heterocycles. The van der Waals surface area contributed by atoms with Crippen LogP contribution in [-0.4, -0.2) is 62.9 Å². The standard InChI is InChI=1S/C29H54O6/c1-12-23-26(18(6)16(4)22(10)31-23)34-29-21(9)19(7)27(24(13-2)32-29)35-28-20(8)15(3)17(5)25(33-28)14-30-11/h15-29H,12-14H2,1-11H3/t15-,16?,17-,18+,19+,20?,21?,22-,23?,24?,25?,26-,27-,28-,29-/m0/s1. The van der Waals surface area contributed by atoms with Crippen molar-refractivity contribution < 1.29 is 28.4 Å². The van der Waals surface area contributed by atoms with Crippen molar-refractivity contribution in [3.05, 3.63) is 0 Å². The van der Waals surface area contributed by atoms with Gasteiger partial charge in [0.05, 0.1) is 43.2 Å². The van der Waals surface area contributed by atoms with Gasteiger partial charge in [-0.05, 0) is 49.4 Å². The van der Waals surface area contributed by atoms with Crippen LogP contribution in [0.5, 0.6) is 0 Å². The van der Waals surface area contributed by atoms with Gasteiger partial charge in [-0.15, -0.1) is 0 Å². The number of hydrogen-bond donors (Lipinski definition) is 0. The van der Waals surface area contributed by atoms with Crippen LogP contribution in [0.25, 0.3) is 0 Å². The highest BCUT2D eigenvalue weighted by Crippen LogP contribution is 2.42. The van der Waals surface area contributed by atoms with Crippen molar-refractivity contribution in [1.29, 1.82) is 0 Å². The lowest BCUT2D eigenvalue weighted by Crippen LogP contribution is -2.57. The second-order valence-electron chi connectivity index (χ2n) is 12.0. The molecular weight excluding hydrogens is 444 g/mol. The van der Waals surface area contributed by atoms with Crippen molar-refractivity contribution in [2.75, 3.05) is 13.7 Å². The van der Waals surface area contributed by atoms with Crippen LogP contribution in [0.1, 0.15) is 82.1 Å². The summed E-state index contributed by atoms with van der Waals surface area (Å²) >= 11 is 0. The van der Waals surface area contributed by atoms with E-state index >= 15 is 0 Å². The maximum Gasteiger partial charge on any atom is 0.161 e. The molecule has 6 unspecified atom stereocenters. The molecule has 6 nitrogen and oxygen atoms in total. The predicted molar refractivity (Wildman–Crippen MR) is 138 cm³/mol. The number of hydrogen-bond acceptors (Lipinski definition) is 6. The van der Waals surface area contributed by atoms with E-state index in [0.717, 1.165) is 12.8 Å². The molecule has 3 aliphatic rings. The van der Waals surface area contributed by atoms with Gasteiger partial charge >= 0.3 is 0 Å². The van der Waals surface area contributed by atoms with Gasteiger partial charge in [0, 0.05) is 18.9 Å². The zero-order valence-electron chi connectivity index (χ0n) is 24.2. The van der Waals surface area contributed by atoms with Crippen LogP contribution in [-0.2, 0) is 28.4 Å². The van der Waals surface area contributed by atoms with Crippen molar-refractivity contribution >= 4 is 0 Å². The fraction of sp³-hybridized carbons (Fsp3) is 1.00. The lowest BCUT2D eigenvalue weighted by molar-refractivity contribution is -0.340. The van der Waals surface area contributed by atoms with Gasteiger partial charge in [0.25, 0.3) is 0 Å². The summed E-state index contributed by atoms with van der Waals surface area (Å²) in [5.74, 6) is 2.58. The number of methoxy groups -OCH3 is 1. The monoisotopic (exact) mass is 498 g/mol. The Morgan fingerprint density at radius 1 is 0.514 bits per heavy atom. The highest BCUT2D eigenvalue weighted by molar-refractivity contribution is 4.92. The summed E-state index contributed by atoms with van der Waals surface area (Å²) in [6.07, 6.45) is 1.69. The molecular formula is C29H54O6. The number of ether oxygens (including phenoxy) is 6.